The summed E-state index contributed by atoms with van der Waals surface area (Å²) in [6.07, 6.45) is 12.0. The molecule has 0 amide bonds. The molecule has 0 aliphatic carbocycles. The average Bonchev–Trinajstić information content (AvgIpc) is 3.25. The van der Waals surface area contributed by atoms with Crippen molar-refractivity contribution in [2.24, 2.45) is 0 Å². The minimum atomic E-state index is -0.560. The fourth-order valence-electron chi connectivity index (χ4n) is 4.13. The summed E-state index contributed by atoms with van der Waals surface area (Å²) in [6, 6.07) is 0. The summed E-state index contributed by atoms with van der Waals surface area (Å²) >= 11 is 1.19. The first-order valence-corrected chi connectivity index (χ1v) is 13.1. The molecule has 0 bridgehead atoms. The van der Waals surface area contributed by atoms with Gasteiger partial charge in [0.05, 0.1) is 38.5 Å². The number of halogens is 1. The van der Waals surface area contributed by atoms with Gasteiger partial charge in [0, 0.05) is 18.4 Å². The summed E-state index contributed by atoms with van der Waals surface area (Å²) in [5.41, 5.74) is 1.95. The smallest absolute Gasteiger partial charge is 0.512 e. The highest BCUT2D eigenvalue weighted by atomic mass is 127. The molecule has 9 heteroatoms. The van der Waals surface area contributed by atoms with Gasteiger partial charge >= 0.3 is 6.16 Å². The van der Waals surface area contributed by atoms with Crippen LogP contribution in [0.15, 0.2) is 6.08 Å². The summed E-state index contributed by atoms with van der Waals surface area (Å²) in [5.74, 6) is 0.631. The van der Waals surface area contributed by atoms with Gasteiger partial charge in [-0.1, -0.05) is 65.4 Å². The zero-order chi connectivity index (χ0) is 23.2. The second-order valence-corrected chi connectivity index (χ2v) is 9.37. The number of rotatable bonds is 15. The Labute approximate surface area is 221 Å². The Bertz CT molecular complexity index is 716. The van der Waals surface area contributed by atoms with E-state index >= 15 is 0 Å². The number of carbonyl (C=O) groups excluding carboxylic acids is 1. The lowest BCUT2D eigenvalue weighted by Gasteiger charge is -2.42. The lowest BCUT2D eigenvalue weighted by molar-refractivity contribution is -0.947. The second kappa shape index (κ2) is 16.6. The summed E-state index contributed by atoms with van der Waals surface area (Å²) in [6.45, 7) is 9.13. The highest BCUT2D eigenvalue weighted by molar-refractivity contribution is 6.99. The first-order chi connectivity index (χ1) is 15.5. The average molecular weight is 596 g/mol. The van der Waals surface area contributed by atoms with Crippen LogP contribution in [0.5, 0.6) is 5.88 Å². The molecule has 2 rings (SSSR count). The predicted molar refractivity (Wildman–Crippen MR) is 129 cm³/mol. The van der Waals surface area contributed by atoms with Crippen LogP contribution < -0.4 is 28.7 Å². The van der Waals surface area contributed by atoms with Crippen LogP contribution in [0.3, 0.4) is 0 Å². The molecule has 190 valence electrons. The van der Waals surface area contributed by atoms with Crippen LogP contribution in [0.2, 0.25) is 0 Å². The number of carbonyl (C=O) groups is 1. The van der Waals surface area contributed by atoms with Crippen molar-refractivity contribution in [3.05, 3.63) is 11.8 Å². The van der Waals surface area contributed by atoms with Crippen molar-refractivity contribution >= 4 is 23.5 Å². The van der Waals surface area contributed by atoms with Crippen LogP contribution >= 0.6 is 11.7 Å². The molecule has 1 aliphatic heterocycles. The molecule has 2 unspecified atom stereocenters. The predicted octanol–water partition coefficient (Wildman–Crippen LogP) is 3.20. The molecule has 0 N–H and O–H groups in total. The molecule has 33 heavy (non-hydrogen) atoms. The van der Waals surface area contributed by atoms with Gasteiger partial charge in [-0.25, -0.2) is 4.79 Å². The largest absolute Gasteiger partial charge is 1.00 e. The number of ether oxygens (including phenoxy) is 3. The van der Waals surface area contributed by atoms with Crippen LogP contribution in [0.25, 0.3) is 5.57 Å². The van der Waals surface area contributed by atoms with Crippen LogP contribution in [-0.4, -0.2) is 59.0 Å². The van der Waals surface area contributed by atoms with Gasteiger partial charge in [-0.3, -0.25) is 4.48 Å². The Morgan fingerprint density at radius 3 is 2.42 bits per heavy atom. The molecule has 1 aliphatic rings. The van der Waals surface area contributed by atoms with E-state index in [-0.39, 0.29) is 30.2 Å². The number of unbranched alkanes of at least 4 members (excludes halogenated alkanes) is 6. The summed E-state index contributed by atoms with van der Waals surface area (Å²) in [5, 5.41) is 0. The van der Waals surface area contributed by atoms with E-state index in [2.05, 4.69) is 42.6 Å². The molecule has 1 aromatic rings. The maximum Gasteiger partial charge on any atom is 0.512 e. The van der Waals surface area contributed by atoms with Crippen molar-refractivity contribution in [1.82, 2.24) is 8.75 Å². The van der Waals surface area contributed by atoms with Crippen molar-refractivity contribution in [2.45, 2.75) is 91.2 Å². The molecule has 7 nitrogen and oxygen atoms in total. The number of nitrogens with zero attached hydrogens (tertiary/aromatic N) is 3. The third-order valence-electron chi connectivity index (χ3n) is 6.06. The minimum Gasteiger partial charge on any atom is -1.00 e. The van der Waals surface area contributed by atoms with Crippen molar-refractivity contribution in [3.8, 4) is 5.88 Å². The maximum atomic E-state index is 12.3. The van der Waals surface area contributed by atoms with E-state index in [1.54, 1.807) is 0 Å². The Morgan fingerprint density at radius 2 is 1.76 bits per heavy atom. The third kappa shape index (κ3) is 10.1. The fraction of sp³-hybridized carbons (Fsp3) is 0.792. The van der Waals surface area contributed by atoms with Crippen LogP contribution in [0.4, 0.5) is 4.79 Å². The lowest BCUT2D eigenvalue weighted by Crippen LogP contribution is -3.00. The standard InChI is InChI=1S/C24H42N3O4S.HI/c1-5-8-10-12-17-29-23-22(25-32-26-23)20-15-14-16-27(4,19-20)21(7-3)31-24(28)30-18-13-11-9-6-2;/h15,21H,5-14,16-19H2,1-4H3;1H/q+1;/p-1. The lowest BCUT2D eigenvalue weighted by atomic mass is 10.0. The van der Waals surface area contributed by atoms with Crippen molar-refractivity contribution in [2.75, 3.05) is 33.4 Å². The van der Waals surface area contributed by atoms with Gasteiger partial charge in [0.1, 0.15) is 12.2 Å². The number of likely N-dealkylation sites (N-methyl/N-ethyl adjacent to an activating group) is 1. The Balaban J connectivity index is 0.00000544. The molecule has 0 saturated heterocycles. The molecule has 0 aromatic carbocycles. The van der Waals surface area contributed by atoms with E-state index in [4.69, 9.17) is 14.2 Å². The normalized spacial score (nSPS) is 18.7. The molecular formula is C24H42IN3O4S. The van der Waals surface area contributed by atoms with Gasteiger partial charge in [0.15, 0.2) is 0 Å². The van der Waals surface area contributed by atoms with Gasteiger partial charge in [0.25, 0.3) is 5.88 Å². The van der Waals surface area contributed by atoms with E-state index < -0.39 is 6.16 Å². The summed E-state index contributed by atoms with van der Waals surface area (Å²) in [4.78, 5) is 12.3. The first-order valence-electron chi connectivity index (χ1n) is 12.4. The molecule has 2 atom stereocenters. The van der Waals surface area contributed by atoms with Crippen molar-refractivity contribution < 1.29 is 47.5 Å². The maximum absolute atomic E-state index is 12.3. The molecule has 1 aromatic heterocycles. The van der Waals surface area contributed by atoms with Gasteiger partial charge in [-0.15, -0.1) is 4.37 Å². The molecule has 0 radical (unpaired) electrons. The number of hydrogen-bond acceptors (Lipinski definition) is 7. The third-order valence-corrected chi connectivity index (χ3v) is 6.57. The molecule has 0 fully saturated rings. The summed E-state index contributed by atoms with van der Waals surface area (Å²) in [7, 11) is 2.14. The van der Waals surface area contributed by atoms with E-state index in [0.717, 1.165) is 69.3 Å². The number of hydrogen-bond donors (Lipinski definition) is 0. The number of quaternary nitrogens is 1. The van der Waals surface area contributed by atoms with Crippen LogP contribution in [-0.2, 0) is 9.47 Å². The van der Waals surface area contributed by atoms with E-state index in [0.29, 0.717) is 23.6 Å². The van der Waals surface area contributed by atoms with Gasteiger partial charge in [-0.05, 0) is 12.8 Å². The quantitative estimate of drug-likeness (QED) is 0.134. The summed E-state index contributed by atoms with van der Waals surface area (Å²) < 4.78 is 26.6. The molecule has 0 spiro atoms. The first kappa shape index (κ1) is 30.1. The van der Waals surface area contributed by atoms with Gasteiger partial charge < -0.3 is 38.2 Å². The van der Waals surface area contributed by atoms with E-state index in [9.17, 15) is 4.79 Å². The molecular weight excluding hydrogens is 553 g/mol. The van der Waals surface area contributed by atoms with Crippen LogP contribution in [0, 0.1) is 0 Å². The highest BCUT2D eigenvalue weighted by Crippen LogP contribution is 2.32. The topological polar surface area (TPSA) is 70.5 Å². The van der Waals surface area contributed by atoms with Gasteiger partial charge in [-0.2, -0.15) is 4.37 Å². The second-order valence-electron chi connectivity index (χ2n) is 8.85. The Hall–Kier alpha value is -0.940. The molecule has 2 heterocycles. The monoisotopic (exact) mass is 595 g/mol. The zero-order valence-electron chi connectivity index (χ0n) is 20.8. The Morgan fingerprint density at radius 1 is 1.06 bits per heavy atom. The van der Waals surface area contributed by atoms with Crippen molar-refractivity contribution in [3.63, 3.8) is 0 Å². The minimum absolute atomic E-state index is 0. The van der Waals surface area contributed by atoms with Crippen molar-refractivity contribution in [1.29, 1.82) is 0 Å². The highest BCUT2D eigenvalue weighted by Gasteiger charge is 2.38. The van der Waals surface area contributed by atoms with E-state index in [1.165, 1.54) is 31.0 Å². The van der Waals surface area contributed by atoms with E-state index in [1.807, 2.05) is 0 Å². The SMILES string of the molecule is CCCCCCOC(=O)OC(CC)[N+]1(C)CCC=C(c2nsnc2OCCCCCC)C1.[I-]. The fourth-order valence-corrected chi connectivity index (χ4v) is 4.66. The Kier molecular flexibility index (Phi) is 15.2. The van der Waals surface area contributed by atoms with Gasteiger partial charge in [0.2, 0.25) is 6.23 Å². The molecule has 0 saturated carbocycles. The zero-order valence-corrected chi connectivity index (χ0v) is 23.8. The van der Waals surface area contributed by atoms with Crippen LogP contribution in [0.1, 0.15) is 90.7 Å². The number of aromatic nitrogens is 2.